The number of rotatable bonds is 4. The van der Waals surface area contributed by atoms with Crippen molar-refractivity contribution in [2.45, 2.75) is 13.0 Å². The Kier molecular flexibility index (Phi) is 4.65. The summed E-state index contributed by atoms with van der Waals surface area (Å²) in [6.45, 7) is 1.70. The van der Waals surface area contributed by atoms with Crippen molar-refractivity contribution in [3.8, 4) is 5.75 Å². The van der Waals surface area contributed by atoms with Gasteiger partial charge in [0.05, 0.1) is 12.7 Å². The summed E-state index contributed by atoms with van der Waals surface area (Å²) in [5.41, 5.74) is 7.27. The number of aromatic nitrogens is 1. The van der Waals surface area contributed by atoms with Gasteiger partial charge in [0.2, 0.25) is 0 Å². The molecular formula is C15H16BFN2O3. The maximum Gasteiger partial charge on any atom is 0.338 e. The molecule has 0 aliphatic rings. The van der Waals surface area contributed by atoms with Crippen molar-refractivity contribution in [3.63, 3.8) is 0 Å². The third-order valence-electron chi connectivity index (χ3n) is 3.18. The minimum atomic E-state index is -0.601. The summed E-state index contributed by atoms with van der Waals surface area (Å²) in [7, 11) is 3.12. The summed E-state index contributed by atoms with van der Waals surface area (Å²) in [5, 5.41) is 0. The van der Waals surface area contributed by atoms with E-state index < -0.39 is 17.9 Å². The van der Waals surface area contributed by atoms with Crippen molar-refractivity contribution in [1.82, 2.24) is 4.98 Å². The predicted molar refractivity (Wildman–Crippen MR) is 83.6 cm³/mol. The second-order valence-corrected chi connectivity index (χ2v) is 4.88. The first-order valence-electron chi connectivity index (χ1n) is 6.69. The molecule has 1 aromatic carbocycles. The van der Waals surface area contributed by atoms with Gasteiger partial charge >= 0.3 is 5.97 Å². The minimum absolute atomic E-state index is 0.230. The quantitative estimate of drug-likeness (QED) is 0.673. The molecule has 1 aromatic heterocycles. The van der Waals surface area contributed by atoms with Gasteiger partial charge in [-0.15, -0.1) is 0 Å². The Hall–Kier alpha value is -2.57. The number of nitrogen functional groups attached to an aromatic ring is 1. The fraction of sp³-hybridized carbons (Fsp3) is 0.200. The number of benzene rings is 1. The molecule has 0 unspecified atom stereocenters. The normalized spacial score (nSPS) is 11.8. The van der Waals surface area contributed by atoms with Gasteiger partial charge < -0.3 is 15.2 Å². The van der Waals surface area contributed by atoms with E-state index in [1.165, 1.54) is 25.3 Å². The van der Waals surface area contributed by atoms with Crippen molar-refractivity contribution in [2.75, 3.05) is 12.8 Å². The average molecular weight is 302 g/mol. The lowest BCUT2D eigenvalue weighted by molar-refractivity contribution is 0.0595. The van der Waals surface area contributed by atoms with E-state index in [1.807, 2.05) is 7.85 Å². The molecule has 0 aliphatic heterocycles. The lowest BCUT2D eigenvalue weighted by Gasteiger charge is -2.18. The van der Waals surface area contributed by atoms with Crippen LogP contribution in [0.5, 0.6) is 5.75 Å². The number of halogens is 1. The largest absolute Gasteiger partial charge is 0.482 e. The summed E-state index contributed by atoms with van der Waals surface area (Å²) in [6, 6.07) is 5.55. The predicted octanol–water partition coefficient (Wildman–Crippen LogP) is 0.988. The monoisotopic (exact) mass is 302 g/mol. The zero-order chi connectivity index (χ0) is 16.3. The van der Waals surface area contributed by atoms with Gasteiger partial charge in [-0.2, -0.15) is 0 Å². The third kappa shape index (κ3) is 3.36. The number of hydrogen-bond acceptors (Lipinski definition) is 5. The molecule has 2 rings (SSSR count). The van der Waals surface area contributed by atoms with Gasteiger partial charge in [-0.25, -0.2) is 14.2 Å². The molecule has 0 fully saturated rings. The van der Waals surface area contributed by atoms with Crippen LogP contribution >= 0.6 is 0 Å². The van der Waals surface area contributed by atoms with Gasteiger partial charge in [-0.05, 0) is 31.2 Å². The topological polar surface area (TPSA) is 74.4 Å². The second-order valence-electron chi connectivity index (χ2n) is 4.88. The number of methoxy groups -OCH3 is 1. The number of nitrogens with two attached hydrogens (primary N) is 1. The Labute approximate surface area is 128 Å². The van der Waals surface area contributed by atoms with Crippen LogP contribution in [0.4, 0.5) is 10.2 Å². The van der Waals surface area contributed by atoms with Gasteiger partial charge in [0.15, 0.2) is 11.6 Å². The maximum atomic E-state index is 13.5. The summed E-state index contributed by atoms with van der Waals surface area (Å²) in [6.07, 6.45) is 1.02. The Bertz CT molecular complexity index is 709. The van der Waals surface area contributed by atoms with E-state index in [2.05, 4.69) is 4.98 Å². The SMILES string of the molecule is Bc1cnc(N)c(O[C@H](C)c2cc(F)ccc2C(=O)OC)c1. The second kappa shape index (κ2) is 6.47. The van der Waals surface area contributed by atoms with E-state index in [-0.39, 0.29) is 11.4 Å². The van der Waals surface area contributed by atoms with Crippen molar-refractivity contribution in [3.05, 3.63) is 47.4 Å². The first kappa shape index (κ1) is 15.8. The van der Waals surface area contributed by atoms with Crippen molar-refractivity contribution < 1.29 is 18.7 Å². The number of ether oxygens (including phenoxy) is 2. The molecule has 0 amide bonds. The first-order valence-corrected chi connectivity index (χ1v) is 6.69. The van der Waals surface area contributed by atoms with E-state index in [4.69, 9.17) is 15.2 Å². The molecule has 0 saturated heterocycles. The molecular weight excluding hydrogens is 286 g/mol. The molecule has 0 bridgehead atoms. The molecule has 0 spiro atoms. The Morgan fingerprint density at radius 2 is 2.14 bits per heavy atom. The standard InChI is InChI=1S/C15H16BFN2O3/c1-8(22-13-5-9(16)7-19-14(13)18)12-6-10(17)3-4-11(12)15(20)21-2/h3-8H,16H2,1-2H3,(H2,18,19)/t8-/m1/s1. The van der Waals surface area contributed by atoms with Crippen LogP contribution < -0.4 is 15.9 Å². The van der Waals surface area contributed by atoms with Gasteiger partial charge in [0, 0.05) is 11.8 Å². The molecule has 22 heavy (non-hydrogen) atoms. The summed E-state index contributed by atoms with van der Waals surface area (Å²) < 4.78 is 24.0. The number of hydrogen-bond donors (Lipinski definition) is 1. The molecule has 1 heterocycles. The highest BCUT2D eigenvalue weighted by Gasteiger charge is 2.19. The fourth-order valence-corrected chi connectivity index (χ4v) is 2.07. The lowest BCUT2D eigenvalue weighted by atomic mass is 9.98. The zero-order valence-corrected chi connectivity index (χ0v) is 12.6. The van der Waals surface area contributed by atoms with E-state index >= 15 is 0 Å². The molecule has 1 atom stereocenters. The maximum absolute atomic E-state index is 13.5. The Balaban J connectivity index is 2.36. The number of carbonyl (C=O) groups is 1. The van der Waals surface area contributed by atoms with Crippen molar-refractivity contribution in [1.29, 1.82) is 0 Å². The van der Waals surface area contributed by atoms with Crippen LogP contribution in [0.1, 0.15) is 28.9 Å². The third-order valence-corrected chi connectivity index (χ3v) is 3.18. The summed E-state index contributed by atoms with van der Waals surface area (Å²) in [4.78, 5) is 15.8. The highest BCUT2D eigenvalue weighted by Crippen LogP contribution is 2.27. The van der Waals surface area contributed by atoms with Crippen LogP contribution in [0.25, 0.3) is 0 Å². The van der Waals surface area contributed by atoms with E-state index in [1.54, 1.807) is 19.2 Å². The van der Waals surface area contributed by atoms with Gasteiger partial charge in [-0.1, -0.05) is 5.46 Å². The average Bonchev–Trinajstić information content (AvgIpc) is 2.50. The summed E-state index contributed by atoms with van der Waals surface area (Å²) >= 11 is 0. The van der Waals surface area contributed by atoms with E-state index in [0.717, 1.165) is 5.46 Å². The fourth-order valence-electron chi connectivity index (χ4n) is 2.07. The van der Waals surface area contributed by atoms with Crippen LogP contribution in [0.2, 0.25) is 0 Å². The number of nitrogens with zero attached hydrogens (tertiary/aromatic N) is 1. The Morgan fingerprint density at radius 3 is 2.82 bits per heavy atom. The summed E-state index contributed by atoms with van der Waals surface area (Å²) in [5.74, 6) is -0.407. The molecule has 5 nitrogen and oxygen atoms in total. The number of carbonyl (C=O) groups excluding carboxylic acids is 1. The molecule has 0 radical (unpaired) electrons. The van der Waals surface area contributed by atoms with Crippen LogP contribution in [0.15, 0.2) is 30.5 Å². The van der Waals surface area contributed by atoms with Crippen molar-refractivity contribution in [2.24, 2.45) is 0 Å². The zero-order valence-electron chi connectivity index (χ0n) is 12.6. The highest BCUT2D eigenvalue weighted by molar-refractivity contribution is 6.32. The highest BCUT2D eigenvalue weighted by atomic mass is 19.1. The van der Waals surface area contributed by atoms with Crippen LogP contribution in [-0.2, 0) is 4.74 Å². The number of anilines is 1. The smallest absolute Gasteiger partial charge is 0.338 e. The van der Waals surface area contributed by atoms with Gasteiger partial charge in [0.25, 0.3) is 0 Å². The van der Waals surface area contributed by atoms with Gasteiger partial charge in [-0.3, -0.25) is 0 Å². The van der Waals surface area contributed by atoms with E-state index in [9.17, 15) is 9.18 Å². The van der Waals surface area contributed by atoms with Crippen LogP contribution in [0, 0.1) is 5.82 Å². The molecule has 2 aromatic rings. The lowest BCUT2D eigenvalue weighted by Crippen LogP contribution is -2.14. The number of pyridine rings is 1. The number of esters is 1. The van der Waals surface area contributed by atoms with E-state index in [0.29, 0.717) is 11.3 Å². The molecule has 7 heteroatoms. The molecule has 2 N–H and O–H groups in total. The molecule has 114 valence electrons. The first-order chi connectivity index (χ1) is 10.4. The molecule has 0 aliphatic carbocycles. The Morgan fingerprint density at radius 1 is 1.41 bits per heavy atom. The molecule has 0 saturated carbocycles. The van der Waals surface area contributed by atoms with Crippen molar-refractivity contribution >= 4 is 25.1 Å². The minimum Gasteiger partial charge on any atom is -0.482 e. The van der Waals surface area contributed by atoms with Crippen LogP contribution in [0.3, 0.4) is 0 Å². The van der Waals surface area contributed by atoms with Crippen LogP contribution in [-0.4, -0.2) is 25.9 Å². The van der Waals surface area contributed by atoms with Gasteiger partial charge in [0.1, 0.15) is 19.8 Å².